The average molecular weight is 345 g/mol. The van der Waals surface area contributed by atoms with Crippen LogP contribution in [0.4, 0.5) is 10.6 Å². The fourth-order valence-electron chi connectivity index (χ4n) is 3.98. The fraction of sp³-hybridized carbons (Fsp3) is 0.684. The number of hydrogen-bond acceptors (Lipinski definition) is 4. The Balaban J connectivity index is 1.55. The molecule has 1 aromatic heterocycles. The van der Waals surface area contributed by atoms with Gasteiger partial charge in [0.15, 0.2) is 0 Å². The van der Waals surface area contributed by atoms with Crippen molar-refractivity contribution in [2.45, 2.75) is 44.7 Å². The molecule has 0 unspecified atom stereocenters. The molecule has 0 saturated carbocycles. The topological polar surface area (TPSA) is 51.7 Å². The highest BCUT2D eigenvalue weighted by atomic mass is 16.2. The van der Waals surface area contributed by atoms with Gasteiger partial charge in [0.05, 0.1) is 0 Å². The quantitative estimate of drug-likeness (QED) is 0.890. The van der Waals surface area contributed by atoms with Crippen molar-refractivity contribution in [3.63, 3.8) is 0 Å². The molecule has 138 valence electrons. The molecular formula is C19H31N5O. The first-order valence-electron chi connectivity index (χ1n) is 9.53. The minimum atomic E-state index is 0.0630. The van der Waals surface area contributed by atoms with Crippen molar-refractivity contribution < 1.29 is 4.79 Å². The summed E-state index contributed by atoms with van der Waals surface area (Å²) in [6, 6.07) is 4.37. The van der Waals surface area contributed by atoms with Gasteiger partial charge in [-0.2, -0.15) is 0 Å². The van der Waals surface area contributed by atoms with E-state index in [0.29, 0.717) is 12.6 Å². The van der Waals surface area contributed by atoms with E-state index >= 15 is 0 Å². The number of hydrogen-bond donors (Lipinski definition) is 1. The Labute approximate surface area is 151 Å². The Morgan fingerprint density at radius 2 is 2.04 bits per heavy atom. The third-order valence-electron chi connectivity index (χ3n) is 5.28. The van der Waals surface area contributed by atoms with Crippen LogP contribution in [-0.2, 0) is 6.54 Å². The summed E-state index contributed by atoms with van der Waals surface area (Å²) in [6.45, 7) is 4.80. The van der Waals surface area contributed by atoms with Crippen LogP contribution in [0.25, 0.3) is 0 Å². The van der Waals surface area contributed by atoms with E-state index in [0.717, 1.165) is 37.3 Å². The number of likely N-dealkylation sites (tertiary alicyclic amines) is 2. The lowest BCUT2D eigenvalue weighted by atomic mass is 10.1. The van der Waals surface area contributed by atoms with Crippen molar-refractivity contribution in [1.29, 1.82) is 0 Å². The number of piperidine rings is 1. The van der Waals surface area contributed by atoms with Gasteiger partial charge in [-0.05, 0) is 44.8 Å². The van der Waals surface area contributed by atoms with Gasteiger partial charge < -0.3 is 20.0 Å². The van der Waals surface area contributed by atoms with Crippen LogP contribution in [0.5, 0.6) is 0 Å². The molecule has 1 aromatic rings. The van der Waals surface area contributed by atoms with Crippen molar-refractivity contribution in [2.24, 2.45) is 0 Å². The fourth-order valence-corrected chi connectivity index (χ4v) is 3.98. The third kappa shape index (κ3) is 4.63. The smallest absolute Gasteiger partial charge is 0.317 e. The summed E-state index contributed by atoms with van der Waals surface area (Å²) in [5.74, 6) is 0.911. The minimum Gasteiger partial charge on any atom is -0.362 e. The predicted molar refractivity (Wildman–Crippen MR) is 101 cm³/mol. The SMILES string of the molecule is CN(C)c1ncccc1CNC(=O)N1CCC[C@H]1CN1CCCCC1. The van der Waals surface area contributed by atoms with Gasteiger partial charge in [-0.1, -0.05) is 12.5 Å². The second-order valence-electron chi connectivity index (χ2n) is 7.39. The van der Waals surface area contributed by atoms with E-state index in [9.17, 15) is 4.79 Å². The molecule has 6 nitrogen and oxygen atoms in total. The summed E-state index contributed by atoms with van der Waals surface area (Å²) in [6.07, 6.45) is 7.97. The maximum atomic E-state index is 12.7. The Bertz CT molecular complexity index is 571. The zero-order chi connectivity index (χ0) is 17.6. The zero-order valence-corrected chi connectivity index (χ0v) is 15.6. The van der Waals surface area contributed by atoms with Gasteiger partial charge in [-0.15, -0.1) is 0 Å². The van der Waals surface area contributed by atoms with Gasteiger partial charge in [0.1, 0.15) is 5.82 Å². The van der Waals surface area contributed by atoms with Gasteiger partial charge in [-0.25, -0.2) is 9.78 Å². The van der Waals surface area contributed by atoms with Crippen LogP contribution >= 0.6 is 0 Å². The van der Waals surface area contributed by atoms with E-state index in [4.69, 9.17) is 0 Å². The summed E-state index contributed by atoms with van der Waals surface area (Å²) in [7, 11) is 3.95. The molecule has 0 aromatic carbocycles. The van der Waals surface area contributed by atoms with Crippen molar-refractivity contribution in [2.75, 3.05) is 45.2 Å². The van der Waals surface area contributed by atoms with E-state index in [1.165, 1.54) is 32.4 Å². The molecule has 0 spiro atoms. The number of carbonyl (C=O) groups excluding carboxylic acids is 1. The van der Waals surface area contributed by atoms with E-state index in [-0.39, 0.29) is 6.03 Å². The Kier molecular flexibility index (Phi) is 6.13. The number of nitrogens with one attached hydrogen (secondary N) is 1. The molecule has 2 aliphatic rings. The maximum absolute atomic E-state index is 12.7. The first-order valence-corrected chi connectivity index (χ1v) is 9.53. The van der Waals surface area contributed by atoms with Gasteiger partial charge >= 0.3 is 6.03 Å². The summed E-state index contributed by atoms with van der Waals surface area (Å²) in [5, 5.41) is 3.11. The standard InChI is InChI=1S/C19H31N5O/c1-22(2)18-16(8-6-10-20-18)14-21-19(25)24-13-7-9-17(24)15-23-11-4-3-5-12-23/h6,8,10,17H,3-5,7,9,11-15H2,1-2H3,(H,21,25)/t17-/m0/s1. The first-order chi connectivity index (χ1) is 12.1. The number of nitrogens with zero attached hydrogens (tertiary/aromatic N) is 4. The zero-order valence-electron chi connectivity index (χ0n) is 15.6. The summed E-state index contributed by atoms with van der Waals surface area (Å²) >= 11 is 0. The lowest BCUT2D eigenvalue weighted by Crippen LogP contribution is -2.48. The van der Waals surface area contributed by atoms with Crippen LogP contribution < -0.4 is 10.2 Å². The average Bonchev–Trinajstić information content (AvgIpc) is 3.09. The number of pyridine rings is 1. The van der Waals surface area contributed by atoms with Crippen LogP contribution in [0.3, 0.4) is 0 Å². The first kappa shape index (κ1) is 18.0. The van der Waals surface area contributed by atoms with Crippen molar-refractivity contribution in [3.8, 4) is 0 Å². The summed E-state index contributed by atoms with van der Waals surface area (Å²) < 4.78 is 0. The molecule has 2 saturated heterocycles. The summed E-state index contributed by atoms with van der Waals surface area (Å²) in [5.41, 5.74) is 1.05. The number of carbonyl (C=O) groups is 1. The van der Waals surface area contributed by atoms with Gasteiger partial charge in [-0.3, -0.25) is 0 Å². The molecule has 2 aliphatic heterocycles. The molecule has 3 heterocycles. The molecule has 3 rings (SSSR count). The van der Waals surface area contributed by atoms with Crippen LogP contribution in [0.15, 0.2) is 18.3 Å². The second-order valence-corrected chi connectivity index (χ2v) is 7.39. The van der Waals surface area contributed by atoms with Crippen LogP contribution in [0, 0.1) is 0 Å². The molecule has 0 bridgehead atoms. The normalized spacial score (nSPS) is 21.4. The van der Waals surface area contributed by atoms with E-state index < -0.39 is 0 Å². The number of amides is 2. The minimum absolute atomic E-state index is 0.0630. The van der Waals surface area contributed by atoms with Crippen molar-refractivity contribution in [3.05, 3.63) is 23.9 Å². The lowest BCUT2D eigenvalue weighted by Gasteiger charge is -2.33. The molecule has 1 N–H and O–H groups in total. The Hall–Kier alpha value is -1.82. The molecule has 0 radical (unpaired) electrons. The molecule has 1 atom stereocenters. The Morgan fingerprint density at radius 1 is 1.24 bits per heavy atom. The Morgan fingerprint density at radius 3 is 2.80 bits per heavy atom. The van der Waals surface area contributed by atoms with Gasteiger partial charge in [0, 0.05) is 51.5 Å². The number of urea groups is 1. The third-order valence-corrected chi connectivity index (χ3v) is 5.28. The second kappa shape index (κ2) is 8.52. The van der Waals surface area contributed by atoms with Gasteiger partial charge in [0.2, 0.25) is 0 Å². The van der Waals surface area contributed by atoms with Crippen LogP contribution in [-0.4, -0.2) is 67.1 Å². The van der Waals surface area contributed by atoms with Crippen molar-refractivity contribution >= 4 is 11.8 Å². The molecule has 0 aliphatic carbocycles. The monoisotopic (exact) mass is 345 g/mol. The van der Waals surface area contributed by atoms with E-state index in [2.05, 4.69) is 15.2 Å². The van der Waals surface area contributed by atoms with Gasteiger partial charge in [0.25, 0.3) is 0 Å². The van der Waals surface area contributed by atoms with Crippen LogP contribution in [0.2, 0.25) is 0 Å². The molecule has 2 fully saturated rings. The molecule has 25 heavy (non-hydrogen) atoms. The highest BCUT2D eigenvalue weighted by Crippen LogP contribution is 2.21. The highest BCUT2D eigenvalue weighted by molar-refractivity contribution is 5.75. The number of rotatable bonds is 5. The van der Waals surface area contributed by atoms with Crippen LogP contribution in [0.1, 0.15) is 37.7 Å². The predicted octanol–water partition coefficient (Wildman–Crippen LogP) is 2.31. The maximum Gasteiger partial charge on any atom is 0.317 e. The van der Waals surface area contributed by atoms with E-state index in [1.807, 2.05) is 36.0 Å². The van der Waals surface area contributed by atoms with E-state index in [1.54, 1.807) is 6.20 Å². The molecule has 6 heteroatoms. The summed E-state index contributed by atoms with van der Waals surface area (Å²) in [4.78, 5) is 23.7. The largest absolute Gasteiger partial charge is 0.362 e. The highest BCUT2D eigenvalue weighted by Gasteiger charge is 2.30. The molecule has 2 amide bonds. The number of anilines is 1. The van der Waals surface area contributed by atoms with Crippen molar-refractivity contribution in [1.82, 2.24) is 20.1 Å². The number of aromatic nitrogens is 1. The lowest BCUT2D eigenvalue weighted by molar-refractivity contribution is 0.153. The molecular weight excluding hydrogens is 314 g/mol.